The summed E-state index contributed by atoms with van der Waals surface area (Å²) in [6, 6.07) is 16.1. The van der Waals surface area contributed by atoms with Gasteiger partial charge in [0.1, 0.15) is 0 Å². The molecule has 2 aromatic rings. The van der Waals surface area contributed by atoms with Crippen molar-refractivity contribution in [2.24, 2.45) is 0 Å². The summed E-state index contributed by atoms with van der Waals surface area (Å²) in [7, 11) is 0. The van der Waals surface area contributed by atoms with E-state index in [0.29, 0.717) is 5.41 Å². The minimum Gasteiger partial charge on any atom is -0.0901 e. The highest BCUT2D eigenvalue weighted by Gasteiger charge is 2.36. The molecular formula is C22H28S. The molecule has 0 saturated carbocycles. The van der Waals surface area contributed by atoms with Crippen LogP contribution in [-0.4, -0.2) is 0 Å². The quantitative estimate of drug-likeness (QED) is 0.601. The smallest absolute Gasteiger partial charge is 0.0125 e. The Morgan fingerprint density at radius 3 is 2.17 bits per heavy atom. The Morgan fingerprint density at radius 2 is 1.48 bits per heavy atom. The van der Waals surface area contributed by atoms with Crippen molar-refractivity contribution in [3.05, 3.63) is 59.2 Å². The second-order valence-electron chi connectivity index (χ2n) is 8.08. The monoisotopic (exact) mass is 324 g/mol. The van der Waals surface area contributed by atoms with E-state index in [2.05, 4.69) is 77.1 Å². The van der Waals surface area contributed by atoms with Crippen molar-refractivity contribution < 1.29 is 0 Å². The van der Waals surface area contributed by atoms with E-state index in [0.717, 1.165) is 6.42 Å². The molecule has 122 valence electrons. The molecule has 0 unspecified atom stereocenters. The second-order valence-corrected chi connectivity index (χ2v) is 9.23. The Labute approximate surface area is 145 Å². The van der Waals surface area contributed by atoms with Gasteiger partial charge in [0.15, 0.2) is 0 Å². The molecule has 0 spiro atoms. The first-order chi connectivity index (χ1) is 10.8. The summed E-state index contributed by atoms with van der Waals surface area (Å²) in [5, 5.41) is 0. The second kappa shape index (κ2) is 6.02. The van der Waals surface area contributed by atoms with E-state index in [9.17, 15) is 0 Å². The number of aryl methyl sites for hydroxylation is 1. The van der Waals surface area contributed by atoms with Gasteiger partial charge in [-0.15, -0.1) is 0 Å². The third kappa shape index (κ3) is 3.35. The molecule has 0 N–H and O–H groups in total. The molecule has 0 atom stereocenters. The normalized spacial score (nSPS) is 18.5. The van der Waals surface area contributed by atoms with Gasteiger partial charge in [0.05, 0.1) is 0 Å². The molecule has 23 heavy (non-hydrogen) atoms. The Bertz CT molecular complexity index is 710. The maximum Gasteiger partial charge on any atom is 0.0125 e. The van der Waals surface area contributed by atoms with Crippen LogP contribution in [0.2, 0.25) is 0 Å². The largest absolute Gasteiger partial charge is 0.0901 e. The first-order valence-electron chi connectivity index (χ1n) is 8.74. The summed E-state index contributed by atoms with van der Waals surface area (Å²) >= 11 is 1.89. The fraction of sp³-hybridized carbons (Fsp3) is 0.455. The molecule has 1 heteroatoms. The van der Waals surface area contributed by atoms with E-state index in [1.807, 2.05) is 11.8 Å². The maximum atomic E-state index is 2.44. The lowest BCUT2D eigenvalue weighted by Crippen LogP contribution is -2.33. The average Bonchev–Trinajstić information content (AvgIpc) is 2.52. The predicted molar refractivity (Wildman–Crippen MR) is 102 cm³/mol. The molecule has 1 aliphatic carbocycles. The van der Waals surface area contributed by atoms with Gasteiger partial charge in [-0.05, 0) is 71.0 Å². The summed E-state index contributed by atoms with van der Waals surface area (Å²) in [6.07, 6.45) is 3.64. The summed E-state index contributed by atoms with van der Waals surface area (Å²) in [5.74, 6) is 0. The van der Waals surface area contributed by atoms with Gasteiger partial charge >= 0.3 is 0 Å². The number of benzene rings is 2. The van der Waals surface area contributed by atoms with E-state index in [-0.39, 0.29) is 5.41 Å². The van der Waals surface area contributed by atoms with Gasteiger partial charge in [-0.2, -0.15) is 0 Å². The molecule has 0 heterocycles. The van der Waals surface area contributed by atoms with Crippen LogP contribution in [0.4, 0.5) is 0 Å². The van der Waals surface area contributed by atoms with E-state index in [4.69, 9.17) is 0 Å². The molecule has 0 saturated heterocycles. The standard InChI is InChI=1S/C22H28S/c1-6-16-8-7-9-17(14-16)23-18-10-11-19-20(15-18)22(4,5)13-12-21(19,2)3/h7-11,14-15H,6,12-13H2,1-5H3. The van der Waals surface area contributed by atoms with Crippen LogP contribution in [0.5, 0.6) is 0 Å². The van der Waals surface area contributed by atoms with Gasteiger partial charge in [0, 0.05) is 9.79 Å². The predicted octanol–water partition coefficient (Wildman–Crippen LogP) is 6.75. The summed E-state index contributed by atoms with van der Waals surface area (Å²) in [6.45, 7) is 11.8. The third-order valence-corrected chi connectivity index (χ3v) is 6.35. The highest BCUT2D eigenvalue weighted by molar-refractivity contribution is 7.99. The Morgan fingerprint density at radius 1 is 0.826 bits per heavy atom. The molecule has 0 nitrogen and oxygen atoms in total. The molecule has 2 aromatic carbocycles. The van der Waals surface area contributed by atoms with Gasteiger partial charge < -0.3 is 0 Å². The van der Waals surface area contributed by atoms with E-state index in [1.54, 1.807) is 11.1 Å². The minimum absolute atomic E-state index is 0.284. The molecule has 0 amide bonds. The van der Waals surface area contributed by atoms with Crippen LogP contribution >= 0.6 is 11.8 Å². The fourth-order valence-electron chi connectivity index (χ4n) is 3.60. The van der Waals surface area contributed by atoms with Crippen molar-refractivity contribution in [2.45, 2.75) is 74.5 Å². The molecule has 0 aromatic heterocycles. The zero-order chi connectivity index (χ0) is 16.7. The van der Waals surface area contributed by atoms with Crippen molar-refractivity contribution in [2.75, 3.05) is 0 Å². The van der Waals surface area contributed by atoms with Gasteiger partial charge in [-0.25, -0.2) is 0 Å². The van der Waals surface area contributed by atoms with Crippen LogP contribution in [0.15, 0.2) is 52.3 Å². The molecule has 0 fully saturated rings. The summed E-state index contributed by atoms with van der Waals surface area (Å²) < 4.78 is 0. The average molecular weight is 325 g/mol. The van der Waals surface area contributed by atoms with Crippen molar-refractivity contribution in [1.82, 2.24) is 0 Å². The van der Waals surface area contributed by atoms with Crippen molar-refractivity contribution >= 4 is 11.8 Å². The number of fused-ring (bicyclic) bond motifs is 1. The van der Waals surface area contributed by atoms with Crippen LogP contribution in [-0.2, 0) is 17.3 Å². The zero-order valence-electron chi connectivity index (χ0n) is 15.1. The summed E-state index contributed by atoms with van der Waals surface area (Å²) in [4.78, 5) is 2.71. The van der Waals surface area contributed by atoms with Crippen LogP contribution in [0.3, 0.4) is 0 Å². The van der Waals surface area contributed by atoms with Crippen molar-refractivity contribution in [3.8, 4) is 0 Å². The minimum atomic E-state index is 0.284. The van der Waals surface area contributed by atoms with Gasteiger partial charge in [0.2, 0.25) is 0 Å². The maximum absolute atomic E-state index is 2.44. The highest BCUT2D eigenvalue weighted by atomic mass is 32.2. The number of hydrogen-bond acceptors (Lipinski definition) is 1. The van der Waals surface area contributed by atoms with E-state index >= 15 is 0 Å². The van der Waals surface area contributed by atoms with Crippen LogP contribution in [0.1, 0.15) is 64.2 Å². The lowest BCUT2D eigenvalue weighted by molar-refractivity contribution is 0.331. The first kappa shape index (κ1) is 16.6. The van der Waals surface area contributed by atoms with Crippen molar-refractivity contribution in [1.29, 1.82) is 0 Å². The van der Waals surface area contributed by atoms with Crippen LogP contribution in [0, 0.1) is 0 Å². The Kier molecular flexibility index (Phi) is 4.35. The third-order valence-electron chi connectivity index (χ3n) is 5.37. The molecular weight excluding hydrogens is 296 g/mol. The van der Waals surface area contributed by atoms with Gasteiger partial charge in [-0.1, -0.05) is 64.6 Å². The number of hydrogen-bond donors (Lipinski definition) is 0. The topological polar surface area (TPSA) is 0 Å². The van der Waals surface area contributed by atoms with Gasteiger partial charge in [0.25, 0.3) is 0 Å². The Hall–Kier alpha value is -1.21. The molecule has 3 rings (SSSR count). The summed E-state index contributed by atoms with van der Waals surface area (Å²) in [5.41, 5.74) is 5.09. The zero-order valence-corrected chi connectivity index (χ0v) is 15.9. The first-order valence-corrected chi connectivity index (χ1v) is 9.55. The highest BCUT2D eigenvalue weighted by Crippen LogP contribution is 2.47. The molecule has 0 radical (unpaired) electrons. The van der Waals surface area contributed by atoms with Crippen LogP contribution in [0.25, 0.3) is 0 Å². The van der Waals surface area contributed by atoms with Crippen LogP contribution < -0.4 is 0 Å². The lowest BCUT2D eigenvalue weighted by Gasteiger charge is -2.42. The fourth-order valence-corrected chi connectivity index (χ4v) is 4.54. The molecule has 0 bridgehead atoms. The van der Waals surface area contributed by atoms with Gasteiger partial charge in [-0.3, -0.25) is 0 Å². The van der Waals surface area contributed by atoms with E-state index < -0.39 is 0 Å². The van der Waals surface area contributed by atoms with E-state index in [1.165, 1.54) is 28.2 Å². The van der Waals surface area contributed by atoms with Crippen molar-refractivity contribution in [3.63, 3.8) is 0 Å². The molecule has 1 aliphatic rings. The molecule has 0 aliphatic heterocycles. The number of rotatable bonds is 3. The Balaban J connectivity index is 1.96. The SMILES string of the molecule is CCc1cccc(Sc2ccc3c(c2)C(C)(C)CCC3(C)C)c1. The lowest BCUT2D eigenvalue weighted by atomic mass is 9.63.